The van der Waals surface area contributed by atoms with Crippen LogP contribution >= 0.6 is 23.1 Å². The third-order valence-corrected chi connectivity index (χ3v) is 8.17. The molecule has 1 atom stereocenters. The Morgan fingerprint density at radius 2 is 1.85 bits per heavy atom. The molecule has 0 bridgehead atoms. The Balaban J connectivity index is 1.62. The maximum Gasteiger partial charge on any atom is 0.338 e. The minimum absolute atomic E-state index is 0.206. The maximum atomic E-state index is 13.8. The fraction of sp³-hybridized carbons (Fsp3) is 0.200. The lowest BCUT2D eigenvalue weighted by Gasteiger charge is -2.24. The number of allylic oxidation sites excluding steroid dienone is 1. The predicted octanol–water partition coefficient (Wildman–Crippen LogP) is 4.57. The zero-order valence-electron chi connectivity index (χ0n) is 22.3. The van der Waals surface area contributed by atoms with Crippen LogP contribution in [0.5, 0.6) is 0 Å². The molecule has 40 heavy (non-hydrogen) atoms. The van der Waals surface area contributed by atoms with Crippen molar-refractivity contribution >= 4 is 41.1 Å². The molecule has 2 aromatic carbocycles. The van der Waals surface area contributed by atoms with Gasteiger partial charge in [0.25, 0.3) is 5.56 Å². The first kappa shape index (κ1) is 27.4. The zero-order chi connectivity index (χ0) is 28.4. The molecule has 4 aromatic rings. The van der Waals surface area contributed by atoms with E-state index in [-0.39, 0.29) is 12.2 Å². The Morgan fingerprint density at radius 3 is 2.55 bits per heavy atom. The molecular weight excluding hydrogens is 548 g/mol. The van der Waals surface area contributed by atoms with Gasteiger partial charge in [-0.3, -0.25) is 9.36 Å². The van der Waals surface area contributed by atoms with Gasteiger partial charge in [-0.25, -0.2) is 14.6 Å². The van der Waals surface area contributed by atoms with E-state index in [0.29, 0.717) is 43.3 Å². The van der Waals surface area contributed by atoms with Crippen LogP contribution in [0.25, 0.3) is 17.4 Å². The van der Waals surface area contributed by atoms with Crippen LogP contribution in [0.1, 0.15) is 41.6 Å². The van der Waals surface area contributed by atoms with Gasteiger partial charge in [-0.15, -0.1) is 11.8 Å². The van der Waals surface area contributed by atoms with Gasteiger partial charge >= 0.3 is 11.9 Å². The van der Waals surface area contributed by atoms with Crippen molar-refractivity contribution in [2.24, 2.45) is 4.99 Å². The van der Waals surface area contributed by atoms with Gasteiger partial charge in [0.1, 0.15) is 11.5 Å². The van der Waals surface area contributed by atoms with Crippen LogP contribution in [-0.4, -0.2) is 36.5 Å². The molecule has 204 valence electrons. The summed E-state index contributed by atoms with van der Waals surface area (Å²) in [6, 6.07) is 17.5. The number of aromatic nitrogens is 1. The Labute approximate surface area is 238 Å². The van der Waals surface area contributed by atoms with E-state index in [2.05, 4.69) is 4.99 Å². The number of benzene rings is 2. The summed E-state index contributed by atoms with van der Waals surface area (Å²) in [5, 5.41) is 0. The van der Waals surface area contributed by atoms with Gasteiger partial charge in [0, 0.05) is 16.5 Å². The summed E-state index contributed by atoms with van der Waals surface area (Å²) in [5.41, 5.74) is 2.27. The van der Waals surface area contributed by atoms with Crippen molar-refractivity contribution in [2.75, 3.05) is 20.0 Å². The van der Waals surface area contributed by atoms with Gasteiger partial charge in [0.15, 0.2) is 4.80 Å². The number of nitrogens with zero attached hydrogens (tertiary/aromatic N) is 2. The molecule has 0 saturated heterocycles. The van der Waals surface area contributed by atoms with E-state index in [4.69, 9.17) is 13.9 Å². The molecule has 1 aliphatic rings. The van der Waals surface area contributed by atoms with Gasteiger partial charge in [-0.1, -0.05) is 41.7 Å². The second-order valence-corrected chi connectivity index (χ2v) is 10.7. The van der Waals surface area contributed by atoms with E-state index in [1.165, 1.54) is 18.4 Å². The van der Waals surface area contributed by atoms with Crippen LogP contribution in [0.3, 0.4) is 0 Å². The van der Waals surface area contributed by atoms with Gasteiger partial charge in [-0.2, -0.15) is 0 Å². The molecule has 0 fully saturated rings. The number of hydrogen-bond acceptors (Lipinski definition) is 9. The molecule has 1 aliphatic heterocycles. The minimum atomic E-state index is -0.688. The van der Waals surface area contributed by atoms with Crippen molar-refractivity contribution in [3.05, 3.63) is 109 Å². The molecule has 5 rings (SSSR count). The van der Waals surface area contributed by atoms with Crippen molar-refractivity contribution in [1.29, 1.82) is 0 Å². The quantitative estimate of drug-likeness (QED) is 0.236. The molecule has 0 spiro atoms. The maximum absolute atomic E-state index is 13.8. The van der Waals surface area contributed by atoms with E-state index in [1.54, 1.807) is 72.7 Å². The summed E-state index contributed by atoms with van der Waals surface area (Å²) < 4.78 is 18.2. The van der Waals surface area contributed by atoms with E-state index >= 15 is 0 Å². The number of carbonyl (C=O) groups is 2. The molecule has 0 amide bonds. The van der Waals surface area contributed by atoms with Gasteiger partial charge in [-0.05, 0) is 56.0 Å². The first-order valence-electron chi connectivity index (χ1n) is 12.5. The molecule has 0 aliphatic carbocycles. The Hall–Kier alpha value is -4.15. The second-order valence-electron chi connectivity index (χ2n) is 8.81. The summed E-state index contributed by atoms with van der Waals surface area (Å²) in [7, 11) is 1.33. The van der Waals surface area contributed by atoms with Gasteiger partial charge in [0.2, 0.25) is 0 Å². The lowest BCUT2D eigenvalue weighted by molar-refractivity contribution is -0.139. The monoisotopic (exact) mass is 574 g/mol. The highest BCUT2D eigenvalue weighted by molar-refractivity contribution is 7.98. The number of furan rings is 1. The van der Waals surface area contributed by atoms with E-state index in [9.17, 15) is 14.4 Å². The number of fused-ring (bicyclic) bond motifs is 1. The van der Waals surface area contributed by atoms with Crippen LogP contribution in [0.4, 0.5) is 0 Å². The van der Waals surface area contributed by atoms with Crippen LogP contribution in [0.2, 0.25) is 0 Å². The zero-order valence-corrected chi connectivity index (χ0v) is 23.9. The fourth-order valence-corrected chi connectivity index (χ4v) is 6.02. The number of carbonyl (C=O) groups excluding carboxylic acids is 2. The molecule has 8 nitrogen and oxygen atoms in total. The number of thioether (sulfide) groups is 1. The van der Waals surface area contributed by atoms with Gasteiger partial charge in [0.05, 0.1) is 41.1 Å². The normalized spacial score (nSPS) is 15.0. The van der Waals surface area contributed by atoms with E-state index in [1.807, 2.05) is 30.5 Å². The molecular formula is C30H26N2O6S2. The first-order valence-corrected chi connectivity index (χ1v) is 14.5. The summed E-state index contributed by atoms with van der Waals surface area (Å²) in [5.74, 6) is -0.0773. The average molecular weight is 575 g/mol. The summed E-state index contributed by atoms with van der Waals surface area (Å²) in [6.45, 7) is 3.70. The van der Waals surface area contributed by atoms with Crippen LogP contribution < -0.4 is 14.9 Å². The topological polar surface area (TPSA) is 100 Å². The minimum Gasteiger partial charge on any atom is -0.465 e. The standard InChI is InChI=1S/C30H26N2O6S2/c1-5-37-29(35)25-17(2)31-30-32(26(25)18-10-13-20(39-4)14-11-18)27(33)24(40-30)16-19-12-15-23(38-19)21-8-6-7-9-22(21)28(34)36-3/h6-16,26H,5H2,1-4H3/b24-16+/t26-/m1/s1. The largest absolute Gasteiger partial charge is 0.465 e. The predicted molar refractivity (Wildman–Crippen MR) is 154 cm³/mol. The Morgan fingerprint density at radius 1 is 1.10 bits per heavy atom. The highest BCUT2D eigenvalue weighted by Gasteiger charge is 2.33. The summed E-state index contributed by atoms with van der Waals surface area (Å²) in [4.78, 5) is 45.3. The average Bonchev–Trinajstić information content (AvgIpc) is 3.56. The number of methoxy groups -OCH3 is 1. The molecule has 0 N–H and O–H groups in total. The molecule has 2 aromatic heterocycles. The molecule has 0 radical (unpaired) electrons. The Kier molecular flexibility index (Phi) is 7.90. The fourth-order valence-electron chi connectivity index (χ4n) is 4.58. The van der Waals surface area contributed by atoms with Crippen molar-refractivity contribution in [2.45, 2.75) is 24.8 Å². The first-order chi connectivity index (χ1) is 19.4. The van der Waals surface area contributed by atoms with Gasteiger partial charge < -0.3 is 13.9 Å². The summed E-state index contributed by atoms with van der Waals surface area (Å²) >= 11 is 2.82. The lowest BCUT2D eigenvalue weighted by atomic mass is 9.96. The van der Waals surface area contributed by atoms with Crippen LogP contribution in [-0.2, 0) is 14.3 Å². The summed E-state index contributed by atoms with van der Waals surface area (Å²) in [6.07, 6.45) is 3.63. The molecule has 3 heterocycles. The lowest BCUT2D eigenvalue weighted by Crippen LogP contribution is -2.39. The molecule has 0 saturated carbocycles. The second kappa shape index (κ2) is 11.5. The van der Waals surface area contributed by atoms with E-state index < -0.39 is 18.0 Å². The number of esters is 2. The van der Waals surface area contributed by atoms with Crippen LogP contribution in [0, 0.1) is 0 Å². The number of thiazole rings is 1. The number of rotatable bonds is 7. The van der Waals surface area contributed by atoms with Crippen molar-refractivity contribution < 1.29 is 23.5 Å². The Bertz CT molecular complexity index is 1810. The highest BCUT2D eigenvalue weighted by atomic mass is 32.2. The van der Waals surface area contributed by atoms with Crippen LogP contribution in [0.15, 0.2) is 91.0 Å². The van der Waals surface area contributed by atoms with Crippen molar-refractivity contribution in [3.8, 4) is 11.3 Å². The number of ether oxygens (including phenoxy) is 2. The molecule has 10 heteroatoms. The SMILES string of the molecule is CCOC(=O)C1=C(C)N=c2s/c(=C/c3ccc(-c4ccccc4C(=O)OC)o3)c(=O)n2[C@@H]1c1ccc(SC)cc1. The third kappa shape index (κ3) is 5.07. The van der Waals surface area contributed by atoms with E-state index in [0.717, 1.165) is 10.5 Å². The smallest absolute Gasteiger partial charge is 0.338 e. The number of hydrogen-bond donors (Lipinski definition) is 0. The third-order valence-electron chi connectivity index (χ3n) is 6.45. The molecule has 0 unspecified atom stereocenters. The highest BCUT2D eigenvalue weighted by Crippen LogP contribution is 2.32. The van der Waals surface area contributed by atoms with Crippen molar-refractivity contribution in [3.63, 3.8) is 0 Å². The van der Waals surface area contributed by atoms with Crippen molar-refractivity contribution in [1.82, 2.24) is 4.57 Å².